The average molecular weight is 253 g/mol. The lowest BCUT2D eigenvalue weighted by atomic mass is 10.1. The molecule has 0 saturated carbocycles. The minimum absolute atomic E-state index is 0.119. The fraction of sp³-hybridized carbons (Fsp3) is 0.462. The zero-order valence-electron chi connectivity index (χ0n) is 10.5. The molecule has 1 atom stereocenters. The zero-order valence-corrected chi connectivity index (χ0v) is 11.3. The summed E-state index contributed by atoms with van der Waals surface area (Å²) in [6.45, 7) is 3.74. The molecule has 0 aliphatic carbocycles. The van der Waals surface area contributed by atoms with Crippen LogP contribution in [0.3, 0.4) is 0 Å². The second kappa shape index (κ2) is 6.55. The Kier molecular flexibility index (Phi) is 5.35. The Balaban J connectivity index is 2.67. The zero-order chi connectivity index (χ0) is 12.8. The van der Waals surface area contributed by atoms with Gasteiger partial charge >= 0.3 is 0 Å². The third kappa shape index (κ3) is 3.97. The predicted octanol–water partition coefficient (Wildman–Crippen LogP) is 2.57. The third-order valence-electron chi connectivity index (χ3n) is 2.68. The lowest BCUT2D eigenvalue weighted by Gasteiger charge is -2.14. The van der Waals surface area contributed by atoms with Crippen molar-refractivity contribution in [1.82, 2.24) is 5.32 Å². The van der Waals surface area contributed by atoms with Crippen molar-refractivity contribution < 1.29 is 9.90 Å². The highest BCUT2D eigenvalue weighted by Crippen LogP contribution is 2.19. The molecule has 1 aromatic rings. The number of thioether (sulfide) groups is 1. The van der Waals surface area contributed by atoms with E-state index in [2.05, 4.69) is 5.32 Å². The first-order valence-corrected chi connectivity index (χ1v) is 7.04. The predicted molar refractivity (Wildman–Crippen MR) is 72.8 cm³/mol. The van der Waals surface area contributed by atoms with Crippen LogP contribution in [-0.2, 0) is 0 Å². The van der Waals surface area contributed by atoms with Crippen molar-refractivity contribution in [2.24, 2.45) is 0 Å². The van der Waals surface area contributed by atoms with Gasteiger partial charge in [0, 0.05) is 17.2 Å². The van der Waals surface area contributed by atoms with Crippen LogP contribution < -0.4 is 5.32 Å². The van der Waals surface area contributed by atoms with Gasteiger partial charge in [0.15, 0.2) is 0 Å². The highest BCUT2D eigenvalue weighted by atomic mass is 32.2. The molecule has 3 nitrogen and oxygen atoms in total. The molecule has 1 aromatic carbocycles. The minimum Gasteiger partial charge on any atom is -0.508 e. The van der Waals surface area contributed by atoms with Crippen LogP contribution in [0.25, 0.3) is 0 Å². The lowest BCUT2D eigenvalue weighted by molar-refractivity contribution is 0.0938. The smallest absolute Gasteiger partial charge is 0.251 e. The van der Waals surface area contributed by atoms with E-state index in [9.17, 15) is 9.90 Å². The molecule has 1 amide bonds. The van der Waals surface area contributed by atoms with Crippen LogP contribution >= 0.6 is 11.8 Å². The number of aromatic hydroxyl groups is 1. The van der Waals surface area contributed by atoms with Gasteiger partial charge in [-0.25, -0.2) is 0 Å². The molecule has 1 rings (SSSR count). The minimum atomic E-state index is -0.119. The molecule has 0 radical (unpaired) electrons. The van der Waals surface area contributed by atoms with Crippen LogP contribution in [0.15, 0.2) is 18.2 Å². The molecule has 0 fully saturated rings. The quantitative estimate of drug-likeness (QED) is 0.848. The van der Waals surface area contributed by atoms with Crippen LogP contribution in [0, 0.1) is 6.92 Å². The number of carbonyl (C=O) groups is 1. The Morgan fingerprint density at radius 2 is 2.24 bits per heavy atom. The van der Waals surface area contributed by atoms with E-state index < -0.39 is 0 Å². The Morgan fingerprint density at radius 3 is 2.88 bits per heavy atom. The van der Waals surface area contributed by atoms with Crippen molar-refractivity contribution in [1.29, 1.82) is 0 Å². The standard InChI is InChI=1S/C13H19NO2S/c1-9(7-8-17-3)14-13(16)11-5-4-6-12(15)10(11)2/h4-6,9,15H,7-8H2,1-3H3,(H,14,16). The van der Waals surface area contributed by atoms with Crippen molar-refractivity contribution in [2.75, 3.05) is 12.0 Å². The van der Waals surface area contributed by atoms with Gasteiger partial charge in [0.2, 0.25) is 0 Å². The Hall–Kier alpha value is -1.16. The topological polar surface area (TPSA) is 49.3 Å². The second-order valence-electron chi connectivity index (χ2n) is 4.11. The van der Waals surface area contributed by atoms with Crippen LogP contribution in [0.2, 0.25) is 0 Å². The fourth-order valence-electron chi connectivity index (χ4n) is 1.54. The molecule has 0 aliphatic rings. The maximum atomic E-state index is 12.0. The maximum Gasteiger partial charge on any atom is 0.251 e. The number of hydrogen-bond donors (Lipinski definition) is 2. The number of phenolic OH excluding ortho intramolecular Hbond substituents is 1. The maximum absolute atomic E-state index is 12.0. The highest BCUT2D eigenvalue weighted by Gasteiger charge is 2.13. The van der Waals surface area contributed by atoms with Gasteiger partial charge in [-0.3, -0.25) is 4.79 Å². The van der Waals surface area contributed by atoms with E-state index in [0.717, 1.165) is 12.2 Å². The van der Waals surface area contributed by atoms with E-state index in [1.807, 2.05) is 13.2 Å². The summed E-state index contributed by atoms with van der Waals surface area (Å²) in [6.07, 6.45) is 3.00. The molecule has 4 heteroatoms. The largest absolute Gasteiger partial charge is 0.508 e. The van der Waals surface area contributed by atoms with E-state index in [1.54, 1.807) is 36.9 Å². The van der Waals surface area contributed by atoms with Crippen LogP contribution in [0.1, 0.15) is 29.3 Å². The number of amides is 1. The lowest BCUT2D eigenvalue weighted by Crippen LogP contribution is -2.33. The summed E-state index contributed by atoms with van der Waals surface area (Å²) in [6, 6.07) is 5.15. The average Bonchev–Trinajstić information content (AvgIpc) is 2.29. The Bertz CT molecular complexity index is 393. The molecule has 0 heterocycles. The molecule has 94 valence electrons. The van der Waals surface area contributed by atoms with Gasteiger partial charge in [-0.05, 0) is 44.4 Å². The van der Waals surface area contributed by atoms with Gasteiger partial charge in [0.1, 0.15) is 5.75 Å². The van der Waals surface area contributed by atoms with E-state index in [1.165, 1.54) is 0 Å². The number of nitrogens with one attached hydrogen (secondary N) is 1. The highest BCUT2D eigenvalue weighted by molar-refractivity contribution is 7.98. The summed E-state index contributed by atoms with van der Waals surface area (Å²) in [5.74, 6) is 1.07. The van der Waals surface area contributed by atoms with E-state index >= 15 is 0 Å². The first kappa shape index (κ1) is 13.9. The Morgan fingerprint density at radius 1 is 1.53 bits per heavy atom. The summed E-state index contributed by atoms with van der Waals surface area (Å²) in [5.41, 5.74) is 1.17. The molecule has 0 saturated heterocycles. The van der Waals surface area contributed by atoms with Gasteiger partial charge in [-0.1, -0.05) is 6.07 Å². The van der Waals surface area contributed by atoms with Gasteiger partial charge in [-0.2, -0.15) is 11.8 Å². The molecule has 0 aromatic heterocycles. The number of phenols is 1. The summed E-state index contributed by atoms with van der Waals surface area (Å²) in [4.78, 5) is 12.0. The second-order valence-corrected chi connectivity index (χ2v) is 5.09. The van der Waals surface area contributed by atoms with Crippen molar-refractivity contribution in [3.63, 3.8) is 0 Å². The van der Waals surface area contributed by atoms with Crippen LogP contribution in [-0.4, -0.2) is 29.1 Å². The third-order valence-corrected chi connectivity index (χ3v) is 3.33. The van der Waals surface area contributed by atoms with Crippen LogP contribution in [0.5, 0.6) is 5.75 Å². The molecular weight excluding hydrogens is 234 g/mol. The van der Waals surface area contributed by atoms with Crippen molar-refractivity contribution in [3.8, 4) is 5.75 Å². The van der Waals surface area contributed by atoms with Gasteiger partial charge in [0.25, 0.3) is 5.91 Å². The van der Waals surface area contributed by atoms with Crippen molar-refractivity contribution in [2.45, 2.75) is 26.3 Å². The molecule has 0 spiro atoms. The molecular formula is C13H19NO2S. The number of hydrogen-bond acceptors (Lipinski definition) is 3. The van der Waals surface area contributed by atoms with E-state index in [4.69, 9.17) is 0 Å². The van der Waals surface area contributed by atoms with Crippen LogP contribution in [0.4, 0.5) is 0 Å². The first-order chi connectivity index (χ1) is 8.06. The first-order valence-electron chi connectivity index (χ1n) is 5.64. The Labute approximate surface area is 107 Å². The number of rotatable bonds is 5. The molecule has 17 heavy (non-hydrogen) atoms. The van der Waals surface area contributed by atoms with Gasteiger partial charge < -0.3 is 10.4 Å². The van der Waals surface area contributed by atoms with Gasteiger partial charge in [-0.15, -0.1) is 0 Å². The summed E-state index contributed by atoms with van der Waals surface area (Å²) >= 11 is 1.77. The van der Waals surface area contributed by atoms with Crippen molar-refractivity contribution in [3.05, 3.63) is 29.3 Å². The molecule has 0 aliphatic heterocycles. The fourth-order valence-corrected chi connectivity index (χ4v) is 2.13. The van der Waals surface area contributed by atoms with E-state index in [-0.39, 0.29) is 17.7 Å². The van der Waals surface area contributed by atoms with E-state index in [0.29, 0.717) is 11.1 Å². The molecule has 1 unspecified atom stereocenters. The molecule has 2 N–H and O–H groups in total. The summed E-state index contributed by atoms with van der Waals surface area (Å²) < 4.78 is 0. The van der Waals surface area contributed by atoms with Crippen molar-refractivity contribution >= 4 is 17.7 Å². The van der Waals surface area contributed by atoms with Gasteiger partial charge in [0.05, 0.1) is 0 Å². The SMILES string of the molecule is CSCCC(C)NC(=O)c1cccc(O)c1C. The number of benzene rings is 1. The summed E-state index contributed by atoms with van der Waals surface area (Å²) in [7, 11) is 0. The normalized spacial score (nSPS) is 12.2. The monoisotopic (exact) mass is 253 g/mol. The molecule has 0 bridgehead atoms. The summed E-state index contributed by atoms with van der Waals surface area (Å²) in [5, 5.41) is 12.5. The number of carbonyl (C=O) groups excluding carboxylic acids is 1.